The summed E-state index contributed by atoms with van der Waals surface area (Å²) < 4.78 is 31.0. The zero-order valence-corrected chi connectivity index (χ0v) is 34.8. The lowest BCUT2D eigenvalue weighted by Crippen LogP contribution is -2.46. The summed E-state index contributed by atoms with van der Waals surface area (Å²) in [6, 6.07) is 8.16. The number of aliphatic hydroxyl groups is 1. The van der Waals surface area contributed by atoms with Crippen LogP contribution in [0, 0.1) is 17.2 Å². The van der Waals surface area contributed by atoms with Crippen molar-refractivity contribution in [3.05, 3.63) is 75.4 Å². The van der Waals surface area contributed by atoms with E-state index in [9.17, 15) is 23.3 Å². The van der Waals surface area contributed by atoms with Crippen LogP contribution in [0.3, 0.4) is 0 Å². The maximum atomic E-state index is 13.9. The Hall–Kier alpha value is -3.30. The molecule has 0 spiro atoms. The smallest absolute Gasteiger partial charge is 0.253 e. The van der Waals surface area contributed by atoms with Crippen LogP contribution in [0.2, 0.25) is 5.02 Å². The number of hydrogen-bond donors (Lipinski definition) is 2. The van der Waals surface area contributed by atoms with Gasteiger partial charge in [0.1, 0.15) is 32.9 Å². The first kappa shape index (κ1) is 45.7. The molecule has 1 unspecified atom stereocenters. The molecule has 1 aliphatic rings. The van der Waals surface area contributed by atoms with Crippen LogP contribution < -0.4 is 5.32 Å². The summed E-state index contributed by atoms with van der Waals surface area (Å²) in [5.41, 5.74) is 3.33. The number of pyridine rings is 1. The van der Waals surface area contributed by atoms with Crippen LogP contribution in [0.5, 0.6) is 0 Å². The van der Waals surface area contributed by atoms with E-state index in [1.807, 2.05) is 19.9 Å². The standard InChI is InChI=1S/C21H21ClFNO2.C9H13NO3S.C7H16.C4H10/c1-11(2)19(25)18-10-17-20(26-18)13(21(3,4)5)9-16(24-17)12-6-7-14(22)15(23)8-12;1-5-7(14(13)8(5)12)10-9(3,4)6(2)11;1-5-6-7(2,3)4;1-3-4-2/h6-11H,1-5H3;10-11H,2H2,1,3-4H3;5-6H2,1-4H3;3-4H2,1-2H3. The number of aromatic nitrogens is 1. The Morgan fingerprint density at radius 1 is 1.02 bits per heavy atom. The molecular formula is C41H60ClFN2O5S. The third kappa shape index (κ3) is 13.3. The first-order chi connectivity index (χ1) is 23.3. The van der Waals surface area contributed by atoms with Crippen molar-refractivity contribution in [2.75, 3.05) is 0 Å². The van der Waals surface area contributed by atoms with Gasteiger partial charge in [-0.2, -0.15) is 0 Å². The first-order valence-corrected chi connectivity index (χ1v) is 19.1. The van der Waals surface area contributed by atoms with Crippen LogP contribution >= 0.6 is 11.6 Å². The number of hydrogen-bond acceptors (Lipinski definition) is 7. The van der Waals surface area contributed by atoms with Gasteiger partial charge in [-0.1, -0.05) is 120 Å². The highest BCUT2D eigenvalue weighted by Gasteiger charge is 2.37. The molecule has 1 aromatic carbocycles. The minimum absolute atomic E-state index is 0.0610. The number of aliphatic hydroxyl groups excluding tert-OH is 1. The van der Waals surface area contributed by atoms with Crippen molar-refractivity contribution in [1.29, 1.82) is 0 Å². The van der Waals surface area contributed by atoms with Crippen LogP contribution in [0.1, 0.15) is 139 Å². The molecule has 0 bridgehead atoms. The summed E-state index contributed by atoms with van der Waals surface area (Å²) in [5.74, 6) is -0.492. The third-order valence-electron chi connectivity index (χ3n) is 7.92. The van der Waals surface area contributed by atoms with Crippen molar-refractivity contribution in [2.45, 2.75) is 134 Å². The van der Waals surface area contributed by atoms with Gasteiger partial charge in [0.05, 0.1) is 16.3 Å². The molecule has 0 fully saturated rings. The number of carbonyl (C=O) groups is 2. The van der Waals surface area contributed by atoms with Crippen LogP contribution in [0.4, 0.5) is 4.39 Å². The molecule has 3 aromatic rings. The molecule has 2 N–H and O–H groups in total. The third-order valence-corrected chi connectivity index (χ3v) is 9.65. The quantitative estimate of drug-likeness (QED) is 0.174. The van der Waals surface area contributed by atoms with Gasteiger partial charge in [-0.3, -0.25) is 9.59 Å². The molecule has 0 aliphatic carbocycles. The summed E-state index contributed by atoms with van der Waals surface area (Å²) in [4.78, 5) is 27.9. The number of ketones is 1. The molecule has 10 heteroatoms. The van der Waals surface area contributed by atoms with Gasteiger partial charge in [0, 0.05) is 28.7 Å². The van der Waals surface area contributed by atoms with E-state index in [1.165, 1.54) is 37.8 Å². The zero-order valence-electron chi connectivity index (χ0n) is 33.2. The molecule has 3 heterocycles. The summed E-state index contributed by atoms with van der Waals surface area (Å²) in [6.07, 6.45) is 5.29. The fourth-order valence-electron chi connectivity index (χ4n) is 4.45. The number of benzene rings is 1. The summed E-state index contributed by atoms with van der Waals surface area (Å²) in [7, 11) is -1.59. The molecule has 2 aromatic heterocycles. The molecule has 1 aliphatic heterocycles. The maximum absolute atomic E-state index is 13.9. The van der Waals surface area contributed by atoms with Gasteiger partial charge >= 0.3 is 0 Å². The van der Waals surface area contributed by atoms with Crippen molar-refractivity contribution in [3.63, 3.8) is 0 Å². The van der Waals surface area contributed by atoms with Gasteiger partial charge in [0.15, 0.2) is 11.3 Å². The summed E-state index contributed by atoms with van der Waals surface area (Å²) >= 11 is 5.79. The number of nitrogens with zero attached hydrogens (tertiary/aromatic N) is 1. The minimum Gasteiger partial charge on any atom is -0.510 e. The van der Waals surface area contributed by atoms with Crippen molar-refractivity contribution >= 4 is 44.4 Å². The van der Waals surface area contributed by atoms with E-state index >= 15 is 0 Å². The van der Waals surface area contributed by atoms with E-state index in [0.29, 0.717) is 44.1 Å². The van der Waals surface area contributed by atoms with Gasteiger partial charge in [-0.25, -0.2) is 13.6 Å². The van der Waals surface area contributed by atoms with E-state index < -0.39 is 22.2 Å². The largest absolute Gasteiger partial charge is 0.510 e. The molecule has 284 valence electrons. The lowest BCUT2D eigenvalue weighted by molar-refractivity contribution is -0.108. The van der Waals surface area contributed by atoms with Crippen molar-refractivity contribution < 1.29 is 27.7 Å². The lowest BCUT2D eigenvalue weighted by Gasteiger charge is -2.30. The molecule has 1 atom stereocenters. The second-order valence-electron chi connectivity index (χ2n) is 15.8. The van der Waals surface area contributed by atoms with Crippen LogP contribution in [0.15, 0.2) is 57.7 Å². The van der Waals surface area contributed by atoms with Crippen molar-refractivity contribution in [3.8, 4) is 11.3 Å². The highest BCUT2D eigenvalue weighted by Crippen LogP contribution is 2.35. The van der Waals surface area contributed by atoms with Crippen molar-refractivity contribution in [2.24, 2.45) is 11.3 Å². The number of rotatable bonds is 8. The first-order valence-electron chi connectivity index (χ1n) is 17.6. The topological polar surface area (TPSA) is 110 Å². The average Bonchev–Trinajstić information content (AvgIpc) is 3.47. The highest BCUT2D eigenvalue weighted by atomic mass is 35.5. The fraction of sp³-hybridized carbons (Fsp3) is 0.537. The Balaban J connectivity index is 0.000000433. The number of halogens is 2. The molecule has 51 heavy (non-hydrogen) atoms. The molecule has 0 saturated carbocycles. The molecule has 7 nitrogen and oxygen atoms in total. The number of furan rings is 1. The molecule has 4 rings (SSSR count). The Morgan fingerprint density at radius 3 is 1.98 bits per heavy atom. The predicted octanol–water partition coefficient (Wildman–Crippen LogP) is 12.0. The number of fused-ring (bicyclic) bond motifs is 1. The summed E-state index contributed by atoms with van der Waals surface area (Å²) in [6.45, 7) is 31.6. The summed E-state index contributed by atoms with van der Waals surface area (Å²) in [5, 5.41) is 12.2. The van der Waals surface area contributed by atoms with Gasteiger partial charge in [0.25, 0.3) is 5.12 Å². The Bertz CT molecular complexity index is 1740. The van der Waals surface area contributed by atoms with Gasteiger partial charge in [-0.15, -0.1) is 0 Å². The SMILES string of the molecule is C=C(O)C(C)(C)NC1=C(C)C(=O)S1=O.CC(C)C(=O)c1cc2nc(-c3ccc(Cl)c(F)c3)cc(C(C)(C)C)c2o1.CCCC.CCCC(C)(C)C. The number of Topliss-reactive ketones (excluding diaryl/α,β-unsaturated/α-hetero) is 1. The Labute approximate surface area is 313 Å². The van der Waals surface area contributed by atoms with Crippen molar-refractivity contribution in [1.82, 2.24) is 10.3 Å². The predicted molar refractivity (Wildman–Crippen MR) is 212 cm³/mol. The molecular weight excluding hydrogens is 687 g/mol. The Morgan fingerprint density at radius 2 is 1.59 bits per heavy atom. The number of unbranched alkanes of at least 4 members (excludes halogenated alkanes) is 1. The highest BCUT2D eigenvalue weighted by molar-refractivity contribution is 8.06. The normalized spacial score (nSPS) is 14.5. The lowest BCUT2D eigenvalue weighted by atomic mass is 9.86. The molecule has 0 radical (unpaired) electrons. The molecule has 0 amide bonds. The zero-order chi connectivity index (χ0) is 39.6. The minimum atomic E-state index is -1.59. The number of nitrogens with one attached hydrogen (secondary N) is 1. The van der Waals surface area contributed by atoms with E-state index in [-0.39, 0.29) is 33.0 Å². The van der Waals surface area contributed by atoms with Crippen LogP contribution in [0.25, 0.3) is 22.4 Å². The van der Waals surface area contributed by atoms with Gasteiger partial charge in [-0.05, 0) is 56.2 Å². The fourth-order valence-corrected chi connectivity index (χ4v) is 5.70. The monoisotopic (exact) mass is 746 g/mol. The van der Waals surface area contributed by atoms with E-state index in [2.05, 4.69) is 79.2 Å². The Kier molecular flexibility index (Phi) is 17.0. The van der Waals surface area contributed by atoms with Gasteiger partial charge in [0.2, 0.25) is 5.78 Å². The number of carbonyl (C=O) groups excluding carboxylic acids is 2. The second-order valence-corrected chi connectivity index (χ2v) is 17.5. The van der Waals surface area contributed by atoms with Gasteiger partial charge < -0.3 is 14.8 Å². The van der Waals surface area contributed by atoms with E-state index in [4.69, 9.17) is 16.0 Å². The van der Waals surface area contributed by atoms with Crippen LogP contribution in [-0.4, -0.2) is 30.7 Å². The maximum Gasteiger partial charge on any atom is 0.253 e. The average molecular weight is 747 g/mol. The second kappa shape index (κ2) is 19.0. The van der Waals surface area contributed by atoms with E-state index in [0.717, 1.165) is 5.56 Å². The van der Waals surface area contributed by atoms with Crippen LogP contribution in [-0.2, 0) is 21.0 Å². The van der Waals surface area contributed by atoms with E-state index in [1.54, 1.807) is 32.9 Å². The molecule has 0 saturated heterocycles.